The fraction of sp³-hybridized carbons (Fsp3) is 0.450. The Morgan fingerprint density at radius 3 is 2.79 bits per heavy atom. The monoisotopic (exact) mass is 326 g/mol. The third kappa shape index (κ3) is 4.34. The summed E-state index contributed by atoms with van der Waals surface area (Å²) in [6, 6.07) is 14.0. The molecule has 0 saturated heterocycles. The highest BCUT2D eigenvalue weighted by Crippen LogP contribution is 2.26. The predicted molar refractivity (Wildman–Crippen MR) is 95.2 cm³/mol. The van der Waals surface area contributed by atoms with Gasteiger partial charge in [-0.25, -0.2) is 0 Å². The Morgan fingerprint density at radius 2 is 2.00 bits per heavy atom. The molecule has 0 aliphatic heterocycles. The van der Waals surface area contributed by atoms with Crippen LogP contribution in [0.2, 0.25) is 0 Å². The first-order valence-electron chi connectivity index (χ1n) is 8.77. The number of rotatable bonds is 6. The number of hydrogen-bond donors (Lipinski definition) is 2. The molecule has 24 heavy (non-hydrogen) atoms. The Labute approximate surface area is 143 Å². The lowest BCUT2D eigenvalue weighted by Crippen LogP contribution is -2.51. The maximum Gasteiger partial charge on any atom is 0.126 e. The summed E-state index contributed by atoms with van der Waals surface area (Å²) in [5, 5.41) is 14.2. The van der Waals surface area contributed by atoms with E-state index < -0.39 is 6.10 Å². The van der Waals surface area contributed by atoms with E-state index in [0.717, 1.165) is 49.2 Å². The van der Waals surface area contributed by atoms with Gasteiger partial charge < -0.3 is 15.2 Å². The summed E-state index contributed by atoms with van der Waals surface area (Å²) < 4.78 is 6.09. The molecule has 0 bridgehead atoms. The van der Waals surface area contributed by atoms with Crippen LogP contribution >= 0.6 is 0 Å². The van der Waals surface area contributed by atoms with Crippen molar-refractivity contribution >= 4 is 0 Å². The molecule has 0 amide bonds. The van der Waals surface area contributed by atoms with Crippen molar-refractivity contribution in [3.8, 4) is 5.75 Å². The van der Waals surface area contributed by atoms with Crippen LogP contribution < -0.4 is 10.1 Å². The van der Waals surface area contributed by atoms with E-state index in [1.54, 1.807) is 0 Å². The average Bonchev–Trinajstić information content (AvgIpc) is 2.61. The first-order valence-corrected chi connectivity index (χ1v) is 8.77. The Morgan fingerprint density at radius 1 is 1.17 bits per heavy atom. The Bertz CT molecular complexity index is 633. The molecule has 3 rings (SSSR count). The fourth-order valence-electron chi connectivity index (χ4n) is 3.27. The molecule has 0 radical (unpaired) electrons. The minimum Gasteiger partial charge on any atom is -0.487 e. The highest BCUT2D eigenvalue weighted by atomic mass is 16.5. The molecule has 128 valence electrons. The first-order chi connectivity index (χ1) is 11.7. The van der Waals surface area contributed by atoms with E-state index in [-0.39, 0.29) is 12.1 Å². The Kier molecular flexibility index (Phi) is 5.83. The lowest BCUT2D eigenvalue weighted by atomic mass is 9.89. The molecule has 0 spiro atoms. The number of pyridine rings is 1. The van der Waals surface area contributed by atoms with Crippen molar-refractivity contribution in [3.05, 3.63) is 59.9 Å². The molecule has 1 aliphatic carbocycles. The van der Waals surface area contributed by atoms with Gasteiger partial charge in [0.2, 0.25) is 0 Å². The van der Waals surface area contributed by atoms with Gasteiger partial charge in [0.25, 0.3) is 0 Å². The van der Waals surface area contributed by atoms with E-state index in [1.165, 1.54) is 0 Å². The minimum absolute atomic E-state index is 0.0801. The Hall–Kier alpha value is -1.91. The van der Waals surface area contributed by atoms with Crippen LogP contribution in [0, 0.1) is 6.92 Å². The number of aromatic nitrogens is 1. The van der Waals surface area contributed by atoms with Crippen LogP contribution in [0.4, 0.5) is 0 Å². The second-order valence-corrected chi connectivity index (χ2v) is 6.47. The Balaban J connectivity index is 1.53. The maximum absolute atomic E-state index is 10.7. The van der Waals surface area contributed by atoms with E-state index in [4.69, 9.17) is 4.74 Å². The smallest absolute Gasteiger partial charge is 0.126 e. The number of para-hydroxylation sites is 1. The zero-order valence-electron chi connectivity index (χ0n) is 14.2. The zero-order chi connectivity index (χ0) is 16.8. The molecule has 1 fully saturated rings. The molecule has 3 atom stereocenters. The van der Waals surface area contributed by atoms with Gasteiger partial charge in [0.1, 0.15) is 18.0 Å². The van der Waals surface area contributed by atoms with Crippen LogP contribution in [0.1, 0.15) is 30.5 Å². The molecule has 1 heterocycles. The van der Waals surface area contributed by atoms with Crippen LogP contribution in [-0.2, 0) is 6.42 Å². The van der Waals surface area contributed by atoms with Crippen molar-refractivity contribution in [1.29, 1.82) is 0 Å². The number of aryl methyl sites for hydroxylation is 1. The molecule has 1 saturated carbocycles. The van der Waals surface area contributed by atoms with Crippen LogP contribution in [0.25, 0.3) is 0 Å². The van der Waals surface area contributed by atoms with E-state index in [9.17, 15) is 5.11 Å². The van der Waals surface area contributed by atoms with Crippen molar-refractivity contribution in [2.24, 2.45) is 0 Å². The van der Waals surface area contributed by atoms with E-state index in [0.29, 0.717) is 0 Å². The number of nitrogens with one attached hydrogen (secondary N) is 1. The van der Waals surface area contributed by atoms with Gasteiger partial charge >= 0.3 is 0 Å². The predicted octanol–water partition coefficient (Wildman–Crippen LogP) is 2.88. The number of ether oxygens (including phenoxy) is 1. The molecule has 0 unspecified atom stereocenters. The number of benzene rings is 1. The van der Waals surface area contributed by atoms with Crippen molar-refractivity contribution in [2.75, 3.05) is 6.54 Å². The summed E-state index contributed by atoms with van der Waals surface area (Å²) in [4.78, 5) is 4.33. The van der Waals surface area contributed by atoms with Gasteiger partial charge in [-0.15, -0.1) is 0 Å². The SMILES string of the molecule is Cc1ccccc1O[C@@H]1CCC[C@H](NCCc2ccccn2)[C@H]1O. The van der Waals surface area contributed by atoms with E-state index in [2.05, 4.69) is 10.3 Å². The third-order valence-electron chi connectivity index (χ3n) is 4.68. The number of aliphatic hydroxyl groups is 1. The first kappa shape index (κ1) is 16.9. The lowest BCUT2D eigenvalue weighted by Gasteiger charge is -2.35. The normalized spacial score (nSPS) is 23.8. The van der Waals surface area contributed by atoms with Crippen molar-refractivity contribution in [3.63, 3.8) is 0 Å². The van der Waals surface area contributed by atoms with Crippen LogP contribution in [-0.4, -0.2) is 34.9 Å². The lowest BCUT2D eigenvalue weighted by molar-refractivity contribution is -0.0154. The summed E-state index contributed by atoms with van der Waals surface area (Å²) in [6.07, 6.45) is 5.00. The molecular weight excluding hydrogens is 300 g/mol. The number of nitrogens with zero attached hydrogens (tertiary/aromatic N) is 1. The summed E-state index contributed by atoms with van der Waals surface area (Å²) >= 11 is 0. The van der Waals surface area contributed by atoms with Crippen molar-refractivity contribution in [1.82, 2.24) is 10.3 Å². The molecular formula is C20H26N2O2. The highest BCUT2D eigenvalue weighted by Gasteiger charge is 2.33. The number of hydrogen-bond acceptors (Lipinski definition) is 4. The quantitative estimate of drug-likeness (QED) is 0.857. The summed E-state index contributed by atoms with van der Waals surface area (Å²) in [6.45, 7) is 2.85. The second-order valence-electron chi connectivity index (χ2n) is 6.47. The van der Waals surface area contributed by atoms with E-state index in [1.807, 2.05) is 55.6 Å². The number of aliphatic hydroxyl groups excluding tert-OH is 1. The largest absolute Gasteiger partial charge is 0.487 e. The third-order valence-corrected chi connectivity index (χ3v) is 4.68. The average molecular weight is 326 g/mol. The van der Waals surface area contributed by atoms with Gasteiger partial charge in [0.05, 0.1) is 0 Å². The molecule has 2 N–H and O–H groups in total. The van der Waals surface area contributed by atoms with E-state index >= 15 is 0 Å². The van der Waals surface area contributed by atoms with Gasteiger partial charge in [0, 0.05) is 30.9 Å². The molecule has 1 aliphatic rings. The molecule has 4 nitrogen and oxygen atoms in total. The van der Waals surface area contributed by atoms with Crippen LogP contribution in [0.3, 0.4) is 0 Å². The standard InChI is InChI=1S/C20H26N2O2/c1-15-7-2-3-10-18(15)24-19-11-6-9-17(20(19)23)22-14-12-16-8-4-5-13-21-16/h2-5,7-8,10,13,17,19-20,22-23H,6,9,11-12,14H2,1H3/t17-,19+,20+/m0/s1. The van der Waals surface area contributed by atoms with Gasteiger partial charge in [-0.3, -0.25) is 4.98 Å². The zero-order valence-corrected chi connectivity index (χ0v) is 14.2. The molecule has 4 heteroatoms. The summed E-state index contributed by atoms with van der Waals surface area (Å²) in [5.41, 5.74) is 2.18. The molecule has 1 aromatic carbocycles. The fourth-order valence-corrected chi connectivity index (χ4v) is 3.27. The van der Waals surface area contributed by atoms with Gasteiger partial charge in [-0.05, 0) is 49.9 Å². The topological polar surface area (TPSA) is 54.4 Å². The van der Waals surface area contributed by atoms with Gasteiger partial charge in [0.15, 0.2) is 0 Å². The summed E-state index contributed by atoms with van der Waals surface area (Å²) in [5.74, 6) is 0.871. The second kappa shape index (κ2) is 8.27. The van der Waals surface area contributed by atoms with Crippen LogP contribution in [0.5, 0.6) is 5.75 Å². The molecule has 2 aromatic rings. The minimum atomic E-state index is -0.484. The van der Waals surface area contributed by atoms with Crippen molar-refractivity contribution < 1.29 is 9.84 Å². The van der Waals surface area contributed by atoms with Crippen LogP contribution in [0.15, 0.2) is 48.7 Å². The van der Waals surface area contributed by atoms with Gasteiger partial charge in [-0.1, -0.05) is 24.3 Å². The molecule has 1 aromatic heterocycles. The van der Waals surface area contributed by atoms with Gasteiger partial charge in [-0.2, -0.15) is 0 Å². The van der Waals surface area contributed by atoms with Crippen molar-refractivity contribution in [2.45, 2.75) is 50.9 Å². The summed E-state index contributed by atoms with van der Waals surface area (Å²) in [7, 11) is 0. The highest BCUT2D eigenvalue weighted by molar-refractivity contribution is 5.32. The maximum atomic E-state index is 10.7.